The van der Waals surface area contributed by atoms with Crippen molar-refractivity contribution in [3.8, 4) is 0 Å². The van der Waals surface area contributed by atoms with Crippen molar-refractivity contribution in [2.24, 2.45) is 5.92 Å². The van der Waals surface area contributed by atoms with E-state index in [1.54, 1.807) is 18.2 Å². The monoisotopic (exact) mass is 309 g/mol. The van der Waals surface area contributed by atoms with Crippen molar-refractivity contribution >= 4 is 29.1 Å². The van der Waals surface area contributed by atoms with Crippen molar-refractivity contribution in [2.45, 2.75) is 19.8 Å². The van der Waals surface area contributed by atoms with E-state index in [4.69, 9.17) is 11.6 Å². The molecule has 5 nitrogen and oxygen atoms in total. The van der Waals surface area contributed by atoms with E-state index in [0.717, 1.165) is 12.5 Å². The zero-order valence-electron chi connectivity index (χ0n) is 12.0. The summed E-state index contributed by atoms with van der Waals surface area (Å²) in [6.45, 7) is 3.47. The van der Waals surface area contributed by atoms with Crippen LogP contribution in [0.15, 0.2) is 18.2 Å². The summed E-state index contributed by atoms with van der Waals surface area (Å²) >= 11 is 5.92. The van der Waals surface area contributed by atoms with Crippen LogP contribution in [0.3, 0.4) is 0 Å². The van der Waals surface area contributed by atoms with Gasteiger partial charge in [-0.05, 0) is 50.4 Å². The first kappa shape index (κ1) is 15.8. The highest BCUT2D eigenvalue weighted by atomic mass is 35.5. The van der Waals surface area contributed by atoms with Crippen LogP contribution in [0.1, 0.15) is 30.1 Å². The number of carbonyl (C=O) groups is 2. The maximum atomic E-state index is 12.0. The number of halogens is 1. The highest BCUT2D eigenvalue weighted by Gasteiger charge is 2.20. The van der Waals surface area contributed by atoms with Gasteiger partial charge in [0.1, 0.15) is 0 Å². The Hall–Kier alpha value is -1.59. The van der Waals surface area contributed by atoms with Gasteiger partial charge < -0.3 is 16.0 Å². The van der Waals surface area contributed by atoms with E-state index in [9.17, 15) is 9.59 Å². The Kier molecular flexibility index (Phi) is 5.59. The van der Waals surface area contributed by atoms with Crippen LogP contribution in [0, 0.1) is 5.92 Å². The predicted octanol–water partition coefficient (Wildman–Crippen LogP) is 2.03. The molecule has 1 aromatic carbocycles. The molecule has 0 bridgehead atoms. The average Bonchev–Trinajstić information content (AvgIpc) is 3.25. The van der Waals surface area contributed by atoms with Crippen LogP contribution in [-0.2, 0) is 4.79 Å². The summed E-state index contributed by atoms with van der Waals surface area (Å²) in [5, 5.41) is 9.03. The maximum Gasteiger partial charge on any atom is 0.253 e. The molecule has 0 aliphatic heterocycles. The number of nitrogens with one attached hydrogen (secondary N) is 3. The third-order valence-electron chi connectivity index (χ3n) is 3.25. The molecular formula is C15H20ClN3O2. The molecule has 0 aromatic heterocycles. The zero-order chi connectivity index (χ0) is 15.2. The molecular weight excluding hydrogens is 290 g/mol. The first-order valence-electron chi connectivity index (χ1n) is 7.18. The Labute approximate surface area is 129 Å². The molecule has 2 rings (SSSR count). The largest absolute Gasteiger partial charge is 0.352 e. The minimum atomic E-state index is -0.249. The third kappa shape index (κ3) is 5.02. The molecule has 3 N–H and O–H groups in total. The van der Waals surface area contributed by atoms with Gasteiger partial charge >= 0.3 is 0 Å². The van der Waals surface area contributed by atoms with Crippen LogP contribution in [0.4, 0.5) is 5.69 Å². The Morgan fingerprint density at radius 2 is 2.10 bits per heavy atom. The van der Waals surface area contributed by atoms with Crippen molar-refractivity contribution in [3.05, 3.63) is 28.8 Å². The fourth-order valence-electron chi connectivity index (χ4n) is 1.98. The molecule has 0 saturated heterocycles. The molecule has 0 radical (unpaired) electrons. The SMILES string of the molecule is CCNC(=O)c1cc(Cl)ccc1NC(=O)CNCC1CC1. The van der Waals surface area contributed by atoms with Gasteiger partial charge in [0.25, 0.3) is 5.91 Å². The Morgan fingerprint density at radius 1 is 1.33 bits per heavy atom. The molecule has 0 atom stereocenters. The predicted molar refractivity (Wildman–Crippen MR) is 83.7 cm³/mol. The van der Waals surface area contributed by atoms with Crippen molar-refractivity contribution in [1.29, 1.82) is 0 Å². The van der Waals surface area contributed by atoms with Gasteiger partial charge in [-0.2, -0.15) is 0 Å². The highest BCUT2D eigenvalue weighted by molar-refractivity contribution is 6.31. The quantitative estimate of drug-likeness (QED) is 0.722. The standard InChI is InChI=1S/C15H20ClN3O2/c1-2-18-15(21)12-7-11(16)5-6-13(12)19-14(20)9-17-8-10-3-4-10/h5-7,10,17H,2-4,8-9H2,1H3,(H,18,21)(H,19,20). The van der Waals surface area contributed by atoms with Crippen LogP contribution in [-0.4, -0.2) is 31.4 Å². The van der Waals surface area contributed by atoms with Crippen LogP contribution in [0.5, 0.6) is 0 Å². The molecule has 1 aromatic rings. The highest BCUT2D eigenvalue weighted by Crippen LogP contribution is 2.27. The molecule has 1 fully saturated rings. The second kappa shape index (κ2) is 7.43. The minimum Gasteiger partial charge on any atom is -0.352 e. The number of carbonyl (C=O) groups excluding carboxylic acids is 2. The topological polar surface area (TPSA) is 70.2 Å². The van der Waals surface area contributed by atoms with Crippen molar-refractivity contribution in [2.75, 3.05) is 25.0 Å². The van der Waals surface area contributed by atoms with E-state index in [2.05, 4.69) is 16.0 Å². The van der Waals surface area contributed by atoms with E-state index < -0.39 is 0 Å². The number of amides is 2. The summed E-state index contributed by atoms with van der Waals surface area (Å²) in [5.74, 6) is 0.309. The van der Waals surface area contributed by atoms with Crippen molar-refractivity contribution in [1.82, 2.24) is 10.6 Å². The Bertz CT molecular complexity index is 530. The van der Waals surface area contributed by atoms with Crippen molar-refractivity contribution < 1.29 is 9.59 Å². The first-order chi connectivity index (χ1) is 10.1. The van der Waals surface area contributed by atoms with Gasteiger partial charge in [0.15, 0.2) is 0 Å². The zero-order valence-corrected chi connectivity index (χ0v) is 12.8. The normalized spacial score (nSPS) is 13.8. The molecule has 2 amide bonds. The summed E-state index contributed by atoms with van der Waals surface area (Å²) in [6, 6.07) is 4.85. The molecule has 1 aliphatic rings. The number of hydrogen-bond donors (Lipinski definition) is 3. The van der Waals surface area contributed by atoms with Crippen LogP contribution in [0.25, 0.3) is 0 Å². The number of benzene rings is 1. The number of rotatable bonds is 7. The molecule has 114 valence electrons. The number of hydrogen-bond acceptors (Lipinski definition) is 3. The van der Waals surface area contributed by atoms with E-state index in [0.29, 0.717) is 22.8 Å². The van der Waals surface area contributed by atoms with Gasteiger partial charge in [-0.1, -0.05) is 11.6 Å². The van der Waals surface area contributed by atoms with Crippen LogP contribution < -0.4 is 16.0 Å². The first-order valence-corrected chi connectivity index (χ1v) is 7.56. The van der Waals surface area contributed by atoms with Gasteiger partial charge in [-0.25, -0.2) is 0 Å². The third-order valence-corrected chi connectivity index (χ3v) is 3.49. The average molecular weight is 310 g/mol. The number of anilines is 1. The Morgan fingerprint density at radius 3 is 2.76 bits per heavy atom. The van der Waals surface area contributed by atoms with Gasteiger partial charge in [-0.3, -0.25) is 9.59 Å². The van der Waals surface area contributed by atoms with E-state index >= 15 is 0 Å². The lowest BCUT2D eigenvalue weighted by atomic mass is 10.1. The summed E-state index contributed by atoms with van der Waals surface area (Å²) < 4.78 is 0. The van der Waals surface area contributed by atoms with Crippen LogP contribution in [0.2, 0.25) is 5.02 Å². The second-order valence-corrected chi connectivity index (χ2v) is 5.61. The van der Waals surface area contributed by atoms with Gasteiger partial charge in [0.05, 0.1) is 17.8 Å². The molecule has 1 aliphatic carbocycles. The van der Waals surface area contributed by atoms with Crippen molar-refractivity contribution in [3.63, 3.8) is 0 Å². The van der Waals surface area contributed by atoms with E-state index in [1.165, 1.54) is 12.8 Å². The maximum absolute atomic E-state index is 12.0. The molecule has 6 heteroatoms. The second-order valence-electron chi connectivity index (χ2n) is 5.17. The van der Waals surface area contributed by atoms with E-state index in [1.807, 2.05) is 6.92 Å². The van der Waals surface area contributed by atoms with E-state index in [-0.39, 0.29) is 18.4 Å². The molecule has 0 unspecified atom stereocenters. The molecule has 21 heavy (non-hydrogen) atoms. The van der Waals surface area contributed by atoms with Gasteiger partial charge in [0, 0.05) is 11.6 Å². The lowest BCUT2D eigenvalue weighted by molar-refractivity contribution is -0.115. The molecule has 0 spiro atoms. The lowest BCUT2D eigenvalue weighted by Crippen LogP contribution is -2.31. The summed E-state index contributed by atoms with van der Waals surface area (Å²) in [4.78, 5) is 23.9. The van der Waals surface area contributed by atoms with Crippen LogP contribution >= 0.6 is 11.6 Å². The minimum absolute atomic E-state index is 0.163. The molecule has 1 saturated carbocycles. The summed E-state index contributed by atoms with van der Waals surface area (Å²) in [7, 11) is 0. The molecule has 0 heterocycles. The fraction of sp³-hybridized carbons (Fsp3) is 0.467. The summed E-state index contributed by atoms with van der Waals surface area (Å²) in [6.07, 6.45) is 2.49. The van der Waals surface area contributed by atoms with Gasteiger partial charge in [-0.15, -0.1) is 0 Å². The Balaban J connectivity index is 1.96. The van der Waals surface area contributed by atoms with Gasteiger partial charge in [0.2, 0.25) is 5.91 Å². The fourth-order valence-corrected chi connectivity index (χ4v) is 2.15. The lowest BCUT2D eigenvalue weighted by Gasteiger charge is -2.11. The summed E-state index contributed by atoms with van der Waals surface area (Å²) in [5.41, 5.74) is 0.850. The smallest absolute Gasteiger partial charge is 0.253 e.